The molecule has 1 rings (SSSR count). The molecule has 122 valence electrons. The van der Waals surface area contributed by atoms with Crippen LogP contribution in [0.1, 0.15) is 40.5 Å². The fourth-order valence-electron chi connectivity index (χ4n) is 2.02. The molecule has 0 saturated carbocycles. The van der Waals surface area contributed by atoms with E-state index in [1.807, 2.05) is 6.92 Å². The Balaban J connectivity index is 2.77. The summed E-state index contributed by atoms with van der Waals surface area (Å²) in [6, 6.07) is -0.394. The smallest absolute Gasteiger partial charge is 0.339 e. The summed E-state index contributed by atoms with van der Waals surface area (Å²) in [4.78, 5) is 34.5. The van der Waals surface area contributed by atoms with Gasteiger partial charge in [0, 0.05) is 19.0 Å². The number of esters is 2. The summed E-state index contributed by atoms with van der Waals surface area (Å²) in [5, 5.41) is 12.0. The molecular formula is C15H21NO6. The minimum absolute atomic E-state index is 0.000630. The Morgan fingerprint density at radius 2 is 2.00 bits per heavy atom. The van der Waals surface area contributed by atoms with Gasteiger partial charge in [-0.25, -0.2) is 9.59 Å². The Bertz CT molecular complexity index is 534. The Kier molecular flexibility index (Phi) is 6.15. The van der Waals surface area contributed by atoms with Crippen molar-refractivity contribution in [2.24, 2.45) is 0 Å². The van der Waals surface area contributed by atoms with E-state index >= 15 is 0 Å². The van der Waals surface area contributed by atoms with Crippen LogP contribution < -0.4 is 5.32 Å². The molecule has 7 nitrogen and oxygen atoms in total. The quantitative estimate of drug-likeness (QED) is 0.566. The van der Waals surface area contributed by atoms with Crippen molar-refractivity contribution in [3.8, 4) is 0 Å². The second kappa shape index (κ2) is 7.63. The van der Waals surface area contributed by atoms with Crippen LogP contribution in [0.15, 0.2) is 22.9 Å². The fraction of sp³-hybridized carbons (Fsp3) is 0.533. The topological polar surface area (TPSA) is 102 Å². The van der Waals surface area contributed by atoms with Crippen LogP contribution in [-0.2, 0) is 23.9 Å². The molecule has 2 unspecified atom stereocenters. The van der Waals surface area contributed by atoms with Crippen molar-refractivity contribution in [1.82, 2.24) is 5.32 Å². The molecule has 7 heteroatoms. The van der Waals surface area contributed by atoms with Crippen molar-refractivity contribution < 1.29 is 29.0 Å². The standard InChI is InChI=1S/C15H21NO6/c1-5-6-13(17)21-10(4)22-15(20)12-7-11(14(18)19)8(2)16-9(12)3/h7,9-10,16H,5-6H2,1-4H3,(H,18,19). The summed E-state index contributed by atoms with van der Waals surface area (Å²) in [6.45, 7) is 6.60. The number of carbonyl (C=O) groups excluding carboxylic acids is 2. The fourth-order valence-corrected chi connectivity index (χ4v) is 2.02. The van der Waals surface area contributed by atoms with Crippen LogP contribution in [0, 0.1) is 0 Å². The monoisotopic (exact) mass is 311 g/mol. The van der Waals surface area contributed by atoms with Gasteiger partial charge in [0.1, 0.15) is 0 Å². The third-order valence-electron chi connectivity index (χ3n) is 3.09. The first kappa shape index (κ1) is 17.7. The molecule has 0 fully saturated rings. The maximum absolute atomic E-state index is 12.1. The average Bonchev–Trinajstić information content (AvgIpc) is 2.37. The van der Waals surface area contributed by atoms with Crippen LogP contribution in [0.4, 0.5) is 0 Å². The molecule has 0 radical (unpaired) electrons. The molecule has 0 aliphatic carbocycles. The van der Waals surface area contributed by atoms with Gasteiger partial charge in [-0.05, 0) is 26.3 Å². The van der Waals surface area contributed by atoms with Gasteiger partial charge in [0.05, 0.1) is 17.2 Å². The highest BCUT2D eigenvalue weighted by Crippen LogP contribution is 2.19. The van der Waals surface area contributed by atoms with Gasteiger partial charge in [-0.1, -0.05) is 6.92 Å². The third-order valence-corrected chi connectivity index (χ3v) is 3.09. The third kappa shape index (κ3) is 4.61. The average molecular weight is 311 g/mol. The number of rotatable bonds is 6. The zero-order valence-electron chi connectivity index (χ0n) is 13.1. The second-order valence-electron chi connectivity index (χ2n) is 5.02. The molecule has 0 amide bonds. The van der Waals surface area contributed by atoms with Gasteiger partial charge in [-0.3, -0.25) is 4.79 Å². The summed E-state index contributed by atoms with van der Waals surface area (Å²) < 4.78 is 9.96. The van der Waals surface area contributed by atoms with Crippen LogP contribution in [0.2, 0.25) is 0 Å². The van der Waals surface area contributed by atoms with Gasteiger partial charge in [0.2, 0.25) is 6.29 Å². The lowest BCUT2D eigenvalue weighted by Gasteiger charge is -2.24. The predicted octanol–water partition coefficient (Wildman–Crippen LogP) is 1.50. The number of hydrogen-bond acceptors (Lipinski definition) is 6. The lowest BCUT2D eigenvalue weighted by atomic mass is 9.99. The maximum Gasteiger partial charge on any atom is 0.339 e. The lowest BCUT2D eigenvalue weighted by Crippen LogP contribution is -2.36. The van der Waals surface area contributed by atoms with E-state index in [4.69, 9.17) is 14.6 Å². The molecule has 0 aromatic rings. The molecule has 1 heterocycles. The van der Waals surface area contributed by atoms with Gasteiger partial charge in [0.15, 0.2) is 0 Å². The number of dihydropyridines is 1. The number of nitrogens with one attached hydrogen (secondary N) is 1. The maximum atomic E-state index is 12.1. The predicted molar refractivity (Wildman–Crippen MR) is 77.6 cm³/mol. The summed E-state index contributed by atoms with van der Waals surface area (Å²) in [5.41, 5.74) is 0.640. The number of allylic oxidation sites excluding steroid dienone is 1. The number of carboxylic acid groups (broad SMARTS) is 1. The first-order valence-electron chi connectivity index (χ1n) is 7.09. The molecule has 0 saturated heterocycles. The molecule has 2 atom stereocenters. The molecule has 0 aromatic heterocycles. The highest BCUT2D eigenvalue weighted by atomic mass is 16.7. The van der Waals surface area contributed by atoms with E-state index in [0.717, 1.165) is 0 Å². The van der Waals surface area contributed by atoms with E-state index in [0.29, 0.717) is 12.1 Å². The van der Waals surface area contributed by atoms with Gasteiger partial charge in [-0.15, -0.1) is 0 Å². The number of aliphatic carboxylic acids is 1. The van der Waals surface area contributed by atoms with E-state index in [1.165, 1.54) is 13.0 Å². The van der Waals surface area contributed by atoms with Crippen molar-refractivity contribution in [1.29, 1.82) is 0 Å². The van der Waals surface area contributed by atoms with Crippen LogP contribution >= 0.6 is 0 Å². The van der Waals surface area contributed by atoms with Crippen molar-refractivity contribution >= 4 is 17.9 Å². The lowest BCUT2D eigenvalue weighted by molar-refractivity contribution is -0.181. The van der Waals surface area contributed by atoms with Gasteiger partial charge in [-0.2, -0.15) is 0 Å². The second-order valence-corrected chi connectivity index (χ2v) is 5.02. The number of hydrogen-bond donors (Lipinski definition) is 2. The normalized spacial score (nSPS) is 18.9. The molecule has 1 aliphatic heterocycles. The first-order valence-corrected chi connectivity index (χ1v) is 7.09. The van der Waals surface area contributed by atoms with E-state index in [1.54, 1.807) is 13.8 Å². The zero-order chi connectivity index (χ0) is 16.9. The number of carbonyl (C=O) groups is 3. The van der Waals surface area contributed by atoms with E-state index < -0.39 is 30.2 Å². The van der Waals surface area contributed by atoms with E-state index in [2.05, 4.69) is 5.32 Å². The Morgan fingerprint density at radius 3 is 2.55 bits per heavy atom. The minimum atomic E-state index is -1.13. The van der Waals surface area contributed by atoms with Crippen LogP contribution in [0.5, 0.6) is 0 Å². The summed E-state index contributed by atoms with van der Waals surface area (Å²) >= 11 is 0. The zero-order valence-corrected chi connectivity index (χ0v) is 13.1. The van der Waals surface area contributed by atoms with E-state index in [9.17, 15) is 14.4 Å². The Labute approximate surface area is 129 Å². The minimum Gasteiger partial charge on any atom is -0.478 e. The summed E-state index contributed by atoms with van der Waals surface area (Å²) in [5.74, 6) is -2.30. The molecule has 22 heavy (non-hydrogen) atoms. The Hall–Kier alpha value is -2.31. The van der Waals surface area contributed by atoms with Crippen LogP contribution in [0.3, 0.4) is 0 Å². The summed E-state index contributed by atoms with van der Waals surface area (Å²) in [6.07, 6.45) is 1.13. The SMILES string of the molecule is CCCC(=O)OC(C)OC(=O)C1=CC(C(=O)O)=C(C)NC1C. The highest BCUT2D eigenvalue weighted by Gasteiger charge is 2.27. The largest absolute Gasteiger partial charge is 0.478 e. The molecule has 0 bridgehead atoms. The van der Waals surface area contributed by atoms with Crippen LogP contribution in [-0.4, -0.2) is 35.3 Å². The summed E-state index contributed by atoms with van der Waals surface area (Å²) in [7, 11) is 0. The molecular weight excluding hydrogens is 290 g/mol. The highest BCUT2D eigenvalue weighted by molar-refractivity contribution is 5.97. The van der Waals surface area contributed by atoms with Crippen molar-refractivity contribution in [3.05, 3.63) is 22.9 Å². The van der Waals surface area contributed by atoms with Gasteiger partial charge >= 0.3 is 17.9 Å². The first-order chi connectivity index (χ1) is 10.3. The number of carboxylic acids is 1. The van der Waals surface area contributed by atoms with Crippen LogP contribution in [0.25, 0.3) is 0 Å². The van der Waals surface area contributed by atoms with Crippen molar-refractivity contribution in [2.75, 3.05) is 0 Å². The molecule has 0 aromatic carbocycles. The number of ether oxygens (including phenoxy) is 2. The van der Waals surface area contributed by atoms with Gasteiger partial charge in [0.25, 0.3) is 0 Å². The van der Waals surface area contributed by atoms with Crippen molar-refractivity contribution in [2.45, 2.75) is 52.9 Å². The Morgan fingerprint density at radius 1 is 1.36 bits per heavy atom. The molecule has 2 N–H and O–H groups in total. The molecule has 1 aliphatic rings. The van der Waals surface area contributed by atoms with Gasteiger partial charge < -0.3 is 19.9 Å². The molecule has 0 spiro atoms. The van der Waals surface area contributed by atoms with Crippen molar-refractivity contribution in [3.63, 3.8) is 0 Å². The van der Waals surface area contributed by atoms with E-state index in [-0.39, 0.29) is 17.6 Å².